The number of pyridine rings is 1. The molecule has 0 amide bonds. The van der Waals surface area contributed by atoms with Gasteiger partial charge < -0.3 is 5.32 Å². The van der Waals surface area contributed by atoms with Crippen LogP contribution in [0.1, 0.15) is 45.0 Å². The molecule has 2 aromatic rings. The van der Waals surface area contributed by atoms with Gasteiger partial charge in [0.1, 0.15) is 5.82 Å². The highest BCUT2D eigenvalue weighted by Gasteiger charge is 2.10. The molecule has 0 aliphatic rings. The predicted octanol–water partition coefficient (Wildman–Crippen LogP) is 2.29. The molecule has 2 rings (SSSR count). The molecule has 0 bridgehead atoms. The Kier molecular flexibility index (Phi) is 4.84. The summed E-state index contributed by atoms with van der Waals surface area (Å²) < 4.78 is 1.86. The Bertz CT molecular complexity index is 559. The zero-order valence-electron chi connectivity index (χ0n) is 12.7. The Morgan fingerprint density at radius 3 is 2.60 bits per heavy atom. The molecule has 0 saturated carbocycles. The molecule has 0 unspecified atom stereocenters. The zero-order chi connectivity index (χ0) is 14.5. The van der Waals surface area contributed by atoms with Crippen LogP contribution in [0.2, 0.25) is 0 Å². The van der Waals surface area contributed by atoms with Crippen molar-refractivity contribution in [1.29, 1.82) is 0 Å². The molecule has 0 aromatic carbocycles. The van der Waals surface area contributed by atoms with Crippen molar-refractivity contribution in [3.8, 4) is 5.82 Å². The summed E-state index contributed by atoms with van der Waals surface area (Å²) in [6, 6.07) is 6.48. The monoisotopic (exact) mass is 273 g/mol. The molecule has 0 spiro atoms. The molecule has 0 atom stereocenters. The van der Waals surface area contributed by atoms with Crippen LogP contribution in [0, 0.1) is 0 Å². The summed E-state index contributed by atoms with van der Waals surface area (Å²) in [5.74, 6) is 2.68. The predicted molar refractivity (Wildman–Crippen MR) is 79.9 cm³/mol. The van der Waals surface area contributed by atoms with Gasteiger partial charge in [0.25, 0.3) is 0 Å². The van der Waals surface area contributed by atoms with Crippen LogP contribution in [-0.2, 0) is 19.4 Å². The maximum atomic E-state index is 4.67. The van der Waals surface area contributed by atoms with Crippen LogP contribution < -0.4 is 5.32 Å². The molecule has 0 saturated heterocycles. The third kappa shape index (κ3) is 3.42. The molecule has 0 radical (unpaired) electrons. The summed E-state index contributed by atoms with van der Waals surface area (Å²) in [5, 5.41) is 7.91. The minimum atomic E-state index is 0.449. The van der Waals surface area contributed by atoms with Gasteiger partial charge in [-0.3, -0.25) is 0 Å². The lowest BCUT2D eigenvalue weighted by atomic mass is 10.3. The largest absolute Gasteiger partial charge is 0.309 e. The van der Waals surface area contributed by atoms with Crippen molar-refractivity contribution in [1.82, 2.24) is 25.1 Å². The summed E-state index contributed by atoms with van der Waals surface area (Å²) in [6.07, 6.45) is 1.69. The van der Waals surface area contributed by atoms with Crippen LogP contribution in [0.15, 0.2) is 18.2 Å². The second kappa shape index (κ2) is 6.61. The van der Waals surface area contributed by atoms with Crippen LogP contribution in [-0.4, -0.2) is 25.8 Å². The summed E-state index contributed by atoms with van der Waals surface area (Å²) in [5.41, 5.74) is 1.02. The van der Waals surface area contributed by atoms with Crippen molar-refractivity contribution in [3.63, 3.8) is 0 Å². The molecule has 0 aliphatic carbocycles. The number of aryl methyl sites for hydroxylation is 2. The van der Waals surface area contributed by atoms with E-state index in [0.29, 0.717) is 6.04 Å². The number of hydrogen-bond acceptors (Lipinski definition) is 4. The van der Waals surface area contributed by atoms with Gasteiger partial charge in [0, 0.05) is 25.4 Å². The van der Waals surface area contributed by atoms with Crippen LogP contribution in [0.25, 0.3) is 5.82 Å². The van der Waals surface area contributed by atoms with Crippen molar-refractivity contribution in [2.24, 2.45) is 0 Å². The van der Waals surface area contributed by atoms with Crippen molar-refractivity contribution >= 4 is 0 Å². The summed E-state index contributed by atoms with van der Waals surface area (Å²) in [6.45, 7) is 9.18. The number of hydrogen-bond donors (Lipinski definition) is 1. The first-order chi connectivity index (χ1) is 9.63. The van der Waals surface area contributed by atoms with E-state index in [0.717, 1.165) is 42.5 Å². The second-order valence-electron chi connectivity index (χ2n) is 5.09. The second-order valence-corrected chi connectivity index (χ2v) is 5.09. The van der Waals surface area contributed by atoms with Crippen molar-refractivity contribution < 1.29 is 0 Å². The maximum Gasteiger partial charge on any atom is 0.155 e. The van der Waals surface area contributed by atoms with Gasteiger partial charge in [0.15, 0.2) is 11.6 Å². The van der Waals surface area contributed by atoms with E-state index in [1.165, 1.54) is 0 Å². The van der Waals surface area contributed by atoms with Gasteiger partial charge in [-0.25, -0.2) is 9.97 Å². The highest BCUT2D eigenvalue weighted by molar-refractivity contribution is 5.25. The van der Waals surface area contributed by atoms with E-state index < -0.39 is 0 Å². The van der Waals surface area contributed by atoms with E-state index in [1.54, 1.807) is 0 Å². The molecule has 108 valence electrons. The SMILES string of the molecule is CCc1nc(CC)n(-c2cccc(CNC(C)C)n2)n1. The Labute approximate surface area is 120 Å². The number of aromatic nitrogens is 4. The van der Waals surface area contributed by atoms with E-state index in [4.69, 9.17) is 0 Å². The first-order valence-electron chi connectivity index (χ1n) is 7.28. The third-order valence-electron chi connectivity index (χ3n) is 3.05. The zero-order valence-corrected chi connectivity index (χ0v) is 12.7. The molecule has 1 N–H and O–H groups in total. The lowest BCUT2D eigenvalue weighted by Crippen LogP contribution is -2.22. The van der Waals surface area contributed by atoms with Gasteiger partial charge in [-0.2, -0.15) is 4.68 Å². The summed E-state index contributed by atoms with van der Waals surface area (Å²) in [7, 11) is 0. The highest BCUT2D eigenvalue weighted by atomic mass is 15.4. The Hall–Kier alpha value is -1.75. The molecule has 20 heavy (non-hydrogen) atoms. The van der Waals surface area contributed by atoms with Crippen molar-refractivity contribution in [2.75, 3.05) is 0 Å². The minimum absolute atomic E-state index is 0.449. The average molecular weight is 273 g/mol. The number of nitrogens with one attached hydrogen (secondary N) is 1. The van der Waals surface area contributed by atoms with Crippen LogP contribution in [0.4, 0.5) is 0 Å². The minimum Gasteiger partial charge on any atom is -0.309 e. The van der Waals surface area contributed by atoms with Crippen molar-refractivity contribution in [3.05, 3.63) is 35.5 Å². The van der Waals surface area contributed by atoms with Gasteiger partial charge >= 0.3 is 0 Å². The summed E-state index contributed by atoms with van der Waals surface area (Å²) in [4.78, 5) is 9.19. The molecule has 2 heterocycles. The van der Waals surface area contributed by atoms with Crippen LogP contribution in [0.5, 0.6) is 0 Å². The number of rotatable bonds is 6. The quantitative estimate of drug-likeness (QED) is 0.877. The molecular weight excluding hydrogens is 250 g/mol. The molecular formula is C15H23N5. The normalized spacial score (nSPS) is 11.2. The lowest BCUT2D eigenvalue weighted by molar-refractivity contribution is 0.580. The van der Waals surface area contributed by atoms with Gasteiger partial charge in [-0.1, -0.05) is 33.8 Å². The molecule has 0 aliphatic heterocycles. The van der Waals surface area contributed by atoms with Gasteiger partial charge in [-0.05, 0) is 12.1 Å². The van der Waals surface area contributed by atoms with Crippen molar-refractivity contribution in [2.45, 2.75) is 53.1 Å². The molecule has 5 nitrogen and oxygen atoms in total. The van der Waals surface area contributed by atoms with E-state index in [2.05, 4.69) is 48.1 Å². The summed E-state index contributed by atoms with van der Waals surface area (Å²) >= 11 is 0. The first-order valence-corrected chi connectivity index (χ1v) is 7.28. The van der Waals surface area contributed by atoms with E-state index >= 15 is 0 Å². The van der Waals surface area contributed by atoms with Gasteiger partial charge in [0.05, 0.1) is 5.69 Å². The lowest BCUT2D eigenvalue weighted by Gasteiger charge is -2.09. The van der Waals surface area contributed by atoms with E-state index in [-0.39, 0.29) is 0 Å². The highest BCUT2D eigenvalue weighted by Crippen LogP contribution is 2.10. The Morgan fingerprint density at radius 1 is 1.15 bits per heavy atom. The fourth-order valence-corrected chi connectivity index (χ4v) is 1.95. The number of nitrogens with zero attached hydrogens (tertiary/aromatic N) is 4. The fourth-order valence-electron chi connectivity index (χ4n) is 1.95. The van der Waals surface area contributed by atoms with Crippen LogP contribution >= 0.6 is 0 Å². The Balaban J connectivity index is 2.28. The topological polar surface area (TPSA) is 55.6 Å². The fraction of sp³-hybridized carbons (Fsp3) is 0.533. The first kappa shape index (κ1) is 14.7. The third-order valence-corrected chi connectivity index (χ3v) is 3.05. The standard InChI is InChI=1S/C15H23N5/c1-5-13-18-14(6-2)20(19-13)15-9-7-8-12(17-15)10-16-11(3)4/h7-9,11,16H,5-6,10H2,1-4H3. The molecule has 0 fully saturated rings. The maximum absolute atomic E-state index is 4.67. The van der Waals surface area contributed by atoms with Gasteiger partial charge in [-0.15, -0.1) is 5.10 Å². The van der Waals surface area contributed by atoms with Gasteiger partial charge in [0.2, 0.25) is 0 Å². The molecule has 5 heteroatoms. The smallest absolute Gasteiger partial charge is 0.155 e. The van der Waals surface area contributed by atoms with E-state index in [9.17, 15) is 0 Å². The van der Waals surface area contributed by atoms with E-state index in [1.807, 2.05) is 22.9 Å². The average Bonchev–Trinajstić information content (AvgIpc) is 2.89. The molecule has 2 aromatic heterocycles. The Morgan fingerprint density at radius 2 is 1.95 bits per heavy atom. The van der Waals surface area contributed by atoms with Crippen LogP contribution in [0.3, 0.4) is 0 Å².